The molecule has 1 aromatic heterocycles. The van der Waals surface area contributed by atoms with Crippen molar-refractivity contribution in [3.63, 3.8) is 0 Å². The SMILES string of the molecule is CCCNCCCCCNc1cc(OC)cc2cccnc12.O=P(O)(O)O. The number of unbranched alkanes of at least 4 members (excludes halogenated alkanes) is 2. The third-order valence-corrected chi connectivity index (χ3v) is 3.69. The van der Waals surface area contributed by atoms with Crippen LogP contribution < -0.4 is 15.4 Å². The summed E-state index contributed by atoms with van der Waals surface area (Å²) < 4.78 is 14.3. The molecule has 0 bridgehead atoms. The Morgan fingerprint density at radius 2 is 1.81 bits per heavy atom. The van der Waals surface area contributed by atoms with Crippen LogP contribution in [0.5, 0.6) is 5.75 Å². The van der Waals surface area contributed by atoms with Crippen LogP contribution in [-0.2, 0) is 4.57 Å². The first kappa shape index (κ1) is 23.3. The molecule has 0 amide bonds. The van der Waals surface area contributed by atoms with Crippen molar-refractivity contribution in [1.82, 2.24) is 10.3 Å². The van der Waals surface area contributed by atoms with E-state index in [9.17, 15) is 0 Å². The zero-order valence-electron chi connectivity index (χ0n) is 15.9. The molecular weight excluding hydrogens is 369 g/mol. The zero-order chi connectivity index (χ0) is 20.1. The normalized spacial score (nSPS) is 11.0. The minimum atomic E-state index is -4.64. The van der Waals surface area contributed by atoms with E-state index in [0.717, 1.165) is 42.0 Å². The van der Waals surface area contributed by atoms with E-state index in [2.05, 4.69) is 28.6 Å². The summed E-state index contributed by atoms with van der Waals surface area (Å²) in [5.74, 6) is 0.867. The quantitative estimate of drug-likeness (QED) is 0.305. The Balaban J connectivity index is 0.000000646. The Hall–Kier alpha value is -1.70. The molecule has 27 heavy (non-hydrogen) atoms. The highest BCUT2D eigenvalue weighted by Gasteiger charge is 2.05. The van der Waals surface area contributed by atoms with Gasteiger partial charge in [-0.15, -0.1) is 0 Å². The van der Waals surface area contributed by atoms with Crippen LogP contribution in [0, 0.1) is 0 Å². The van der Waals surface area contributed by atoms with Crippen LogP contribution in [0.4, 0.5) is 5.69 Å². The maximum atomic E-state index is 8.88. The van der Waals surface area contributed by atoms with Crippen LogP contribution >= 0.6 is 7.82 Å². The van der Waals surface area contributed by atoms with Gasteiger partial charge in [0.2, 0.25) is 0 Å². The van der Waals surface area contributed by atoms with Gasteiger partial charge < -0.3 is 30.1 Å². The third kappa shape index (κ3) is 10.9. The third-order valence-electron chi connectivity index (χ3n) is 3.69. The van der Waals surface area contributed by atoms with Gasteiger partial charge >= 0.3 is 7.82 Å². The van der Waals surface area contributed by atoms with Crippen LogP contribution in [0.25, 0.3) is 10.9 Å². The molecule has 0 aliphatic rings. The largest absolute Gasteiger partial charge is 0.497 e. The summed E-state index contributed by atoms with van der Waals surface area (Å²) in [4.78, 5) is 26.0. The highest BCUT2D eigenvalue weighted by atomic mass is 31.2. The standard InChI is InChI=1S/C18H27N3O.H3O4P/c1-3-9-19-10-5-4-6-11-20-17-14-16(22-2)13-15-8-7-12-21-18(15)17;1-5(2,3)4/h7-8,12-14,19-20H,3-6,9-11H2,1-2H3;(H3,1,2,3,4). The molecule has 2 rings (SSSR count). The lowest BCUT2D eigenvalue weighted by Gasteiger charge is -2.11. The van der Waals surface area contributed by atoms with Crippen molar-refractivity contribution in [1.29, 1.82) is 0 Å². The van der Waals surface area contributed by atoms with Gasteiger partial charge in [-0.3, -0.25) is 4.98 Å². The first-order chi connectivity index (χ1) is 12.8. The molecule has 8 nitrogen and oxygen atoms in total. The summed E-state index contributed by atoms with van der Waals surface area (Å²) in [5, 5.41) is 8.04. The molecule has 0 unspecified atom stereocenters. The number of ether oxygens (including phenoxy) is 1. The second-order valence-corrected chi connectivity index (χ2v) is 7.03. The van der Waals surface area contributed by atoms with E-state index in [1.165, 1.54) is 25.7 Å². The number of pyridine rings is 1. The van der Waals surface area contributed by atoms with E-state index >= 15 is 0 Å². The first-order valence-electron chi connectivity index (χ1n) is 9.00. The fraction of sp³-hybridized carbons (Fsp3) is 0.500. The van der Waals surface area contributed by atoms with E-state index in [1.54, 1.807) is 7.11 Å². The molecule has 9 heteroatoms. The van der Waals surface area contributed by atoms with Gasteiger partial charge in [-0.25, -0.2) is 4.57 Å². The van der Waals surface area contributed by atoms with Crippen molar-refractivity contribution >= 4 is 24.4 Å². The lowest BCUT2D eigenvalue weighted by Crippen LogP contribution is -2.16. The Bertz CT molecular complexity index is 715. The zero-order valence-corrected chi connectivity index (χ0v) is 16.8. The maximum Gasteiger partial charge on any atom is 0.466 e. The highest BCUT2D eigenvalue weighted by Crippen LogP contribution is 2.27. The Kier molecular flexibility index (Phi) is 10.9. The van der Waals surface area contributed by atoms with Crippen molar-refractivity contribution in [3.05, 3.63) is 30.5 Å². The van der Waals surface area contributed by atoms with E-state index in [1.807, 2.05) is 24.4 Å². The monoisotopic (exact) mass is 399 g/mol. The van der Waals surface area contributed by atoms with Gasteiger partial charge in [0.05, 0.1) is 18.3 Å². The van der Waals surface area contributed by atoms with Crippen LogP contribution in [0.15, 0.2) is 30.5 Å². The fourth-order valence-electron chi connectivity index (χ4n) is 2.49. The minimum absolute atomic E-state index is 0.867. The predicted molar refractivity (Wildman–Crippen MR) is 108 cm³/mol. The molecule has 1 heterocycles. The number of anilines is 1. The first-order valence-corrected chi connectivity index (χ1v) is 10.6. The molecular formula is C18H30N3O5P. The van der Waals surface area contributed by atoms with Crippen molar-refractivity contribution in [2.75, 3.05) is 32.1 Å². The Labute approximate surface area is 160 Å². The molecule has 5 N–H and O–H groups in total. The average molecular weight is 399 g/mol. The number of aromatic nitrogens is 1. The molecule has 0 atom stereocenters. The number of hydrogen-bond acceptors (Lipinski definition) is 5. The molecule has 0 radical (unpaired) electrons. The number of fused-ring (bicyclic) bond motifs is 1. The number of rotatable bonds is 10. The smallest absolute Gasteiger partial charge is 0.466 e. The molecule has 2 aromatic rings. The molecule has 1 aromatic carbocycles. The van der Waals surface area contributed by atoms with E-state index in [0.29, 0.717) is 0 Å². The molecule has 0 saturated carbocycles. The van der Waals surface area contributed by atoms with Gasteiger partial charge in [0.25, 0.3) is 0 Å². The maximum absolute atomic E-state index is 8.88. The molecule has 0 aliphatic heterocycles. The van der Waals surface area contributed by atoms with Crippen LogP contribution in [0.2, 0.25) is 0 Å². The molecule has 0 fully saturated rings. The van der Waals surface area contributed by atoms with Gasteiger partial charge in [0.1, 0.15) is 5.75 Å². The summed E-state index contributed by atoms with van der Waals surface area (Å²) in [6.07, 6.45) is 6.67. The number of phosphoric acid groups is 1. The van der Waals surface area contributed by atoms with Gasteiger partial charge in [-0.2, -0.15) is 0 Å². The van der Waals surface area contributed by atoms with E-state index in [4.69, 9.17) is 24.0 Å². The second kappa shape index (κ2) is 12.6. The molecule has 0 aliphatic carbocycles. The number of nitrogens with one attached hydrogen (secondary N) is 2. The summed E-state index contributed by atoms with van der Waals surface area (Å²) >= 11 is 0. The summed E-state index contributed by atoms with van der Waals surface area (Å²) in [7, 11) is -2.94. The van der Waals surface area contributed by atoms with Gasteiger partial charge in [0, 0.05) is 24.2 Å². The molecule has 152 valence electrons. The summed E-state index contributed by atoms with van der Waals surface area (Å²) in [6, 6.07) is 8.06. The van der Waals surface area contributed by atoms with E-state index < -0.39 is 7.82 Å². The van der Waals surface area contributed by atoms with E-state index in [-0.39, 0.29) is 0 Å². The lowest BCUT2D eigenvalue weighted by atomic mass is 10.1. The van der Waals surface area contributed by atoms with Crippen LogP contribution in [0.1, 0.15) is 32.6 Å². The highest BCUT2D eigenvalue weighted by molar-refractivity contribution is 7.45. The number of methoxy groups -OCH3 is 1. The van der Waals surface area contributed by atoms with Gasteiger partial charge in [0.15, 0.2) is 0 Å². The molecule has 0 spiro atoms. The van der Waals surface area contributed by atoms with Crippen LogP contribution in [0.3, 0.4) is 0 Å². The number of nitrogens with zero attached hydrogens (tertiary/aromatic N) is 1. The van der Waals surface area contributed by atoms with Crippen molar-refractivity contribution in [3.8, 4) is 5.75 Å². The fourth-order valence-corrected chi connectivity index (χ4v) is 2.49. The summed E-state index contributed by atoms with van der Waals surface area (Å²) in [5.41, 5.74) is 2.06. The predicted octanol–water partition coefficient (Wildman–Crippen LogP) is 2.90. The average Bonchev–Trinajstić information content (AvgIpc) is 2.62. The van der Waals surface area contributed by atoms with Crippen molar-refractivity contribution in [2.24, 2.45) is 0 Å². The van der Waals surface area contributed by atoms with Gasteiger partial charge in [-0.1, -0.05) is 19.4 Å². The van der Waals surface area contributed by atoms with Gasteiger partial charge in [-0.05, 0) is 44.5 Å². The van der Waals surface area contributed by atoms with Crippen LogP contribution in [-0.4, -0.2) is 46.4 Å². The topological polar surface area (TPSA) is 124 Å². The Morgan fingerprint density at radius 3 is 2.48 bits per heavy atom. The second-order valence-electron chi connectivity index (χ2n) is 6.00. The van der Waals surface area contributed by atoms with Crippen molar-refractivity contribution < 1.29 is 24.0 Å². The number of hydrogen-bond donors (Lipinski definition) is 5. The molecule has 0 saturated heterocycles. The Morgan fingerprint density at radius 1 is 1.11 bits per heavy atom. The number of benzene rings is 1. The summed E-state index contributed by atoms with van der Waals surface area (Å²) in [6.45, 7) is 5.41. The van der Waals surface area contributed by atoms with Crippen molar-refractivity contribution in [2.45, 2.75) is 32.6 Å². The minimum Gasteiger partial charge on any atom is -0.497 e. The lowest BCUT2D eigenvalue weighted by molar-refractivity contribution is 0.275.